The number of allylic oxidation sites excluding steroid dienone is 4. The fraction of sp³-hybridized carbons (Fsp3) is 0.500. The predicted molar refractivity (Wildman–Crippen MR) is 162 cm³/mol. The summed E-state index contributed by atoms with van der Waals surface area (Å²) in [5.74, 6) is -2.14. The SMILES string of the molecule is COc1cc(Cc2ccc([C@H]3O[C@@H]4C[C@H]5[C@@H]6C[C@H](F)C7=CC(=O)C=C[C@]7(C)[C@@]6(F)[C@@H](O)C[C@]5(C)[C@]4(C(=O)CO)O3)cc2)c#cc1N. The second-order valence-electron chi connectivity index (χ2n) is 13.8. The molecule has 1 saturated heterocycles. The Balaban J connectivity index is 1.19. The average Bonchev–Trinajstić information content (AvgIpc) is 3.54. The van der Waals surface area contributed by atoms with Crippen LogP contribution < -0.4 is 10.5 Å². The van der Waals surface area contributed by atoms with Gasteiger partial charge in [-0.25, -0.2) is 8.78 Å². The van der Waals surface area contributed by atoms with E-state index in [2.05, 4.69) is 12.1 Å². The molecule has 1 heterocycles. The Kier molecular flexibility index (Phi) is 7.04. The number of rotatable bonds is 6. The molecule has 8 nitrogen and oxygen atoms in total. The summed E-state index contributed by atoms with van der Waals surface area (Å²) >= 11 is 0. The van der Waals surface area contributed by atoms with E-state index in [-0.39, 0.29) is 24.8 Å². The Morgan fingerprint density at radius 1 is 1.17 bits per heavy atom. The Labute approximate surface area is 266 Å². The molecule has 0 radical (unpaired) electrons. The first-order valence-electron chi connectivity index (χ1n) is 15.6. The van der Waals surface area contributed by atoms with Crippen LogP contribution in [0.2, 0.25) is 0 Å². The molecule has 7 rings (SSSR count). The third kappa shape index (κ3) is 3.98. The number of halogens is 2. The van der Waals surface area contributed by atoms with Gasteiger partial charge < -0.3 is 30.2 Å². The first-order chi connectivity index (χ1) is 21.8. The lowest BCUT2D eigenvalue weighted by atomic mass is 9.44. The number of carbonyl (C=O) groups is 2. The highest BCUT2D eigenvalue weighted by Crippen LogP contribution is 2.72. The highest BCUT2D eigenvalue weighted by molar-refractivity contribution is 6.01. The fourth-order valence-corrected chi connectivity index (χ4v) is 9.47. The Hall–Kier alpha value is -3.62. The van der Waals surface area contributed by atoms with Crippen molar-refractivity contribution in [2.24, 2.45) is 22.7 Å². The minimum absolute atomic E-state index is 0.0308. The van der Waals surface area contributed by atoms with E-state index >= 15 is 8.78 Å². The van der Waals surface area contributed by atoms with E-state index in [0.29, 0.717) is 23.4 Å². The fourth-order valence-electron chi connectivity index (χ4n) is 9.47. The number of benzene rings is 1. The molecular formula is C36H37F2NO7. The molecule has 4 N–H and O–H groups in total. The molecule has 4 fully saturated rings. The van der Waals surface area contributed by atoms with E-state index in [1.54, 1.807) is 13.0 Å². The third-order valence-electron chi connectivity index (χ3n) is 11.7. The van der Waals surface area contributed by atoms with Crippen LogP contribution >= 0.6 is 0 Å². The maximum Gasteiger partial charge on any atom is 0.193 e. The van der Waals surface area contributed by atoms with Gasteiger partial charge >= 0.3 is 0 Å². The monoisotopic (exact) mass is 633 g/mol. The molecular weight excluding hydrogens is 596 g/mol. The number of alkyl halides is 2. The summed E-state index contributed by atoms with van der Waals surface area (Å²) in [5, 5.41) is 21.9. The van der Waals surface area contributed by atoms with Crippen molar-refractivity contribution in [1.29, 1.82) is 0 Å². The molecule has 242 valence electrons. The van der Waals surface area contributed by atoms with E-state index in [1.807, 2.05) is 24.3 Å². The second-order valence-corrected chi connectivity index (χ2v) is 13.8. The second kappa shape index (κ2) is 10.4. The number of hydrogen-bond acceptors (Lipinski definition) is 8. The van der Waals surface area contributed by atoms with Gasteiger partial charge in [-0.05, 0) is 67.5 Å². The molecule has 5 aliphatic rings. The molecule has 10 atom stereocenters. The zero-order valence-electron chi connectivity index (χ0n) is 25.9. The molecule has 2 aromatic carbocycles. The molecule has 10 heteroatoms. The van der Waals surface area contributed by atoms with Crippen molar-refractivity contribution in [3.05, 3.63) is 83.0 Å². The maximum absolute atomic E-state index is 17.6. The van der Waals surface area contributed by atoms with Gasteiger partial charge in [0.05, 0.1) is 19.3 Å². The van der Waals surface area contributed by atoms with Crippen LogP contribution in [0.4, 0.5) is 14.5 Å². The summed E-state index contributed by atoms with van der Waals surface area (Å²) in [6, 6.07) is 15.2. The first-order valence-corrected chi connectivity index (χ1v) is 15.6. The van der Waals surface area contributed by atoms with Crippen LogP contribution in [0.1, 0.15) is 56.1 Å². The summed E-state index contributed by atoms with van der Waals surface area (Å²) in [6.45, 7) is 2.46. The number of fused-ring (bicyclic) bond motifs is 7. The molecule has 0 unspecified atom stereocenters. The minimum atomic E-state index is -2.30. The maximum atomic E-state index is 17.6. The van der Waals surface area contributed by atoms with E-state index in [9.17, 15) is 19.8 Å². The number of aliphatic hydroxyl groups is 2. The summed E-state index contributed by atoms with van der Waals surface area (Å²) in [4.78, 5) is 25.9. The molecule has 4 aliphatic carbocycles. The van der Waals surface area contributed by atoms with Crippen molar-refractivity contribution >= 4 is 17.3 Å². The Bertz CT molecular complexity index is 1660. The van der Waals surface area contributed by atoms with E-state index in [4.69, 9.17) is 19.9 Å². The number of anilines is 1. The topological polar surface area (TPSA) is 128 Å². The molecule has 1 aliphatic heterocycles. The number of hydrogen-bond donors (Lipinski definition) is 3. The lowest BCUT2D eigenvalue weighted by Crippen LogP contribution is -2.70. The quantitative estimate of drug-likeness (QED) is 0.434. The van der Waals surface area contributed by atoms with Crippen LogP contribution in [-0.4, -0.2) is 65.1 Å². The molecule has 0 bridgehead atoms. The van der Waals surface area contributed by atoms with Gasteiger partial charge in [0.1, 0.15) is 18.5 Å². The molecule has 0 aromatic heterocycles. The zero-order chi connectivity index (χ0) is 32.8. The van der Waals surface area contributed by atoms with Gasteiger partial charge in [0.25, 0.3) is 0 Å². The number of Topliss-reactive ketones (excluding diaryl/α,β-unsaturated/α-hetero) is 1. The normalized spacial score (nSPS) is 40.7. The average molecular weight is 634 g/mol. The number of methoxy groups -OCH3 is 1. The number of ether oxygens (including phenoxy) is 3. The first kappa shape index (κ1) is 31.0. The van der Waals surface area contributed by atoms with Gasteiger partial charge in [0.15, 0.2) is 34.9 Å². The summed E-state index contributed by atoms with van der Waals surface area (Å²) < 4.78 is 51.6. The van der Waals surface area contributed by atoms with Gasteiger partial charge in [-0.2, -0.15) is 0 Å². The van der Waals surface area contributed by atoms with Gasteiger partial charge in [0, 0.05) is 34.3 Å². The lowest BCUT2D eigenvalue weighted by Gasteiger charge is -2.63. The lowest BCUT2D eigenvalue weighted by molar-refractivity contribution is -0.235. The number of ketones is 2. The standard InChI is InChI=1S/C36H37F2NO7/c1-33-11-10-22(41)14-25(33)26(37)15-24-23-16-31-36(30(43)18-40,34(23,2)17-29(42)35(24,33)38)46-32(45-31)21-7-4-19(5-8-21)12-20-6-9-27(39)28(13-20)44-3/h4-5,7-8,10-11,13-14,23-24,26,29,31-32,40,42H,12,15-18,39H2,1-3H3/t23-,24-,26-,29-,31+,32-,33-,34-,35-,36+/m0/s1. The largest absolute Gasteiger partial charge is 0.494 e. The number of aliphatic hydroxyl groups excluding tert-OH is 2. The van der Waals surface area contributed by atoms with Crippen LogP contribution in [0, 0.1) is 34.8 Å². The van der Waals surface area contributed by atoms with Crippen LogP contribution in [0.15, 0.2) is 54.1 Å². The summed E-state index contributed by atoms with van der Waals surface area (Å²) in [6.07, 6.45) is -1.00. The van der Waals surface area contributed by atoms with Crippen molar-refractivity contribution in [3.8, 4) is 5.75 Å². The Morgan fingerprint density at radius 3 is 2.61 bits per heavy atom. The minimum Gasteiger partial charge on any atom is -0.494 e. The van der Waals surface area contributed by atoms with E-state index < -0.39 is 76.8 Å². The molecule has 0 amide bonds. The zero-order valence-corrected chi connectivity index (χ0v) is 25.9. The van der Waals surface area contributed by atoms with Gasteiger partial charge in [-0.1, -0.05) is 43.3 Å². The number of nitrogen functional groups attached to an aromatic ring is 1. The molecule has 3 saturated carbocycles. The van der Waals surface area contributed by atoms with Crippen molar-refractivity contribution in [1.82, 2.24) is 0 Å². The predicted octanol–water partition coefficient (Wildman–Crippen LogP) is 4.11. The number of nitrogens with two attached hydrogens (primary N) is 1. The van der Waals surface area contributed by atoms with Crippen molar-refractivity contribution in [2.45, 2.75) is 75.5 Å². The smallest absolute Gasteiger partial charge is 0.193 e. The van der Waals surface area contributed by atoms with Crippen molar-refractivity contribution in [2.75, 3.05) is 19.5 Å². The number of carbonyl (C=O) groups excluding carboxylic acids is 2. The van der Waals surface area contributed by atoms with Gasteiger partial charge in [0.2, 0.25) is 0 Å². The van der Waals surface area contributed by atoms with Gasteiger partial charge in [-0.3, -0.25) is 9.59 Å². The van der Waals surface area contributed by atoms with E-state index in [0.717, 1.165) is 17.2 Å². The molecule has 2 aromatic rings. The van der Waals surface area contributed by atoms with Crippen LogP contribution in [0.5, 0.6) is 5.75 Å². The highest BCUT2D eigenvalue weighted by Gasteiger charge is 2.80. The third-order valence-corrected chi connectivity index (χ3v) is 11.7. The Morgan fingerprint density at radius 2 is 1.91 bits per heavy atom. The molecule has 0 spiro atoms. The van der Waals surface area contributed by atoms with Crippen LogP contribution in [0.25, 0.3) is 0 Å². The van der Waals surface area contributed by atoms with Gasteiger partial charge in [-0.15, -0.1) is 0 Å². The van der Waals surface area contributed by atoms with Crippen LogP contribution in [-0.2, 0) is 25.5 Å². The molecule has 46 heavy (non-hydrogen) atoms. The van der Waals surface area contributed by atoms with Crippen LogP contribution in [0.3, 0.4) is 0 Å². The summed E-state index contributed by atoms with van der Waals surface area (Å²) in [7, 11) is 1.53. The van der Waals surface area contributed by atoms with Crippen molar-refractivity contribution < 1.29 is 42.8 Å². The van der Waals surface area contributed by atoms with E-state index in [1.165, 1.54) is 26.2 Å². The summed E-state index contributed by atoms with van der Waals surface area (Å²) in [5.41, 5.74) is 1.98. The van der Waals surface area contributed by atoms with Crippen molar-refractivity contribution in [3.63, 3.8) is 0 Å². The highest BCUT2D eigenvalue weighted by atomic mass is 19.1.